The number of amides is 1. The molecule has 1 saturated heterocycles. The smallest absolute Gasteiger partial charge is 0.401 e. The van der Waals surface area contributed by atoms with Crippen LogP contribution >= 0.6 is 12.6 Å². The number of hydrogen-bond donors (Lipinski definition) is 2. The van der Waals surface area contributed by atoms with Crippen LogP contribution in [0.1, 0.15) is 17.9 Å². The van der Waals surface area contributed by atoms with E-state index in [1.165, 1.54) is 0 Å². The van der Waals surface area contributed by atoms with Gasteiger partial charge in [-0.15, -0.1) is 0 Å². The maximum atomic E-state index is 12.9. The lowest BCUT2D eigenvalue weighted by molar-refractivity contribution is -0.186. The number of carbonyl (C=O) groups excluding carboxylic acids is 1. The molecule has 0 radical (unpaired) electrons. The predicted molar refractivity (Wildman–Crippen MR) is 80.3 cm³/mol. The lowest BCUT2D eigenvalue weighted by Crippen LogP contribution is -2.48. The molecule has 1 N–H and O–H groups in total. The number of hydrogen-bond acceptors (Lipinski definition) is 3. The largest absolute Gasteiger partial charge is 0.480 e. The molecule has 0 bridgehead atoms. The molecule has 4 nitrogen and oxygen atoms in total. The number of nitrogens with zero attached hydrogens (tertiary/aromatic N) is 1. The van der Waals surface area contributed by atoms with Crippen LogP contribution in [0.2, 0.25) is 0 Å². The molecule has 126 valence electrons. The summed E-state index contributed by atoms with van der Waals surface area (Å²) in [5.74, 6) is -5.81. The molecule has 3 atom stereocenters. The summed E-state index contributed by atoms with van der Waals surface area (Å²) in [7, 11) is 0. The first kappa shape index (κ1) is 17.7. The molecule has 1 aromatic rings. The van der Waals surface area contributed by atoms with Crippen molar-refractivity contribution in [2.45, 2.75) is 24.6 Å². The maximum absolute atomic E-state index is 12.9. The Labute approximate surface area is 136 Å². The van der Waals surface area contributed by atoms with E-state index in [2.05, 4.69) is 12.6 Å². The van der Waals surface area contributed by atoms with Gasteiger partial charge in [0.25, 0.3) is 0 Å². The van der Waals surface area contributed by atoms with Crippen LogP contribution in [-0.4, -0.2) is 46.4 Å². The summed E-state index contributed by atoms with van der Waals surface area (Å²) < 4.78 is 38.8. The first-order chi connectivity index (χ1) is 10.8. The van der Waals surface area contributed by atoms with Gasteiger partial charge in [0, 0.05) is 18.2 Å². The van der Waals surface area contributed by atoms with Crippen molar-refractivity contribution in [1.29, 1.82) is 0 Å². The summed E-state index contributed by atoms with van der Waals surface area (Å²) in [5.41, 5.74) is 0.809. The quantitative estimate of drug-likeness (QED) is 0.823. The van der Waals surface area contributed by atoms with E-state index >= 15 is 0 Å². The van der Waals surface area contributed by atoms with Crippen molar-refractivity contribution in [2.24, 2.45) is 5.92 Å². The van der Waals surface area contributed by atoms with Crippen molar-refractivity contribution in [2.75, 3.05) is 12.3 Å². The van der Waals surface area contributed by atoms with Gasteiger partial charge in [-0.3, -0.25) is 4.79 Å². The second kappa shape index (κ2) is 6.82. The molecule has 8 heteroatoms. The second-order valence-corrected chi connectivity index (χ2v) is 5.83. The summed E-state index contributed by atoms with van der Waals surface area (Å²) >= 11 is 3.60. The van der Waals surface area contributed by atoms with Crippen LogP contribution < -0.4 is 0 Å². The molecular weight excluding hydrogens is 331 g/mol. The Balaban J connectivity index is 2.25. The monoisotopic (exact) mass is 347 g/mol. The number of aliphatic carboxylic acids is 1. The average molecular weight is 347 g/mol. The molecule has 0 aromatic heterocycles. The van der Waals surface area contributed by atoms with Gasteiger partial charge in [-0.25, -0.2) is 4.79 Å². The van der Waals surface area contributed by atoms with Crippen molar-refractivity contribution in [3.63, 3.8) is 0 Å². The van der Waals surface area contributed by atoms with Crippen molar-refractivity contribution in [1.82, 2.24) is 4.90 Å². The zero-order chi connectivity index (χ0) is 17.2. The Morgan fingerprint density at radius 2 is 1.91 bits per heavy atom. The standard InChI is InChI=1S/C15H16F3NO3S/c16-15(17,18)11(8-23)13(20)19-7-10(6-12(19)14(21)22)9-4-2-1-3-5-9/h1-5,10-12,23H,6-8H2,(H,21,22)/t10-,11?,12-/m0/s1. The minimum absolute atomic E-state index is 0.0415. The van der Waals surface area contributed by atoms with Gasteiger partial charge in [0.15, 0.2) is 0 Å². The van der Waals surface area contributed by atoms with Crippen LogP contribution in [0.25, 0.3) is 0 Å². The van der Waals surface area contributed by atoms with Gasteiger partial charge in [0.1, 0.15) is 12.0 Å². The van der Waals surface area contributed by atoms with E-state index in [1.54, 1.807) is 30.3 Å². The van der Waals surface area contributed by atoms with E-state index in [-0.39, 0.29) is 18.9 Å². The van der Waals surface area contributed by atoms with Crippen LogP contribution in [0.4, 0.5) is 13.2 Å². The second-order valence-electron chi connectivity index (χ2n) is 5.46. The van der Waals surface area contributed by atoms with Crippen LogP contribution in [-0.2, 0) is 9.59 Å². The van der Waals surface area contributed by atoms with E-state index in [1.807, 2.05) is 0 Å². The molecule has 23 heavy (non-hydrogen) atoms. The number of alkyl halides is 3. The Bertz CT molecular complexity index is 579. The minimum Gasteiger partial charge on any atom is -0.480 e. The van der Waals surface area contributed by atoms with Gasteiger partial charge >= 0.3 is 12.1 Å². The summed E-state index contributed by atoms with van der Waals surface area (Å²) in [6.07, 6.45) is -4.64. The summed E-state index contributed by atoms with van der Waals surface area (Å²) in [6, 6.07) is 7.62. The first-order valence-electron chi connectivity index (χ1n) is 7.01. The van der Waals surface area contributed by atoms with Crippen molar-refractivity contribution >= 4 is 24.5 Å². The zero-order valence-corrected chi connectivity index (χ0v) is 12.9. The zero-order valence-electron chi connectivity index (χ0n) is 12.0. The van der Waals surface area contributed by atoms with Crippen LogP contribution in [0.5, 0.6) is 0 Å². The molecule has 1 aromatic carbocycles. The lowest BCUT2D eigenvalue weighted by atomic mass is 9.96. The molecule has 1 amide bonds. The molecule has 2 rings (SSSR count). The SMILES string of the molecule is O=C(O)[C@@H]1C[C@H](c2ccccc2)CN1C(=O)C(CS)C(F)(F)F. The van der Waals surface area contributed by atoms with Gasteiger partial charge in [-0.2, -0.15) is 25.8 Å². The van der Waals surface area contributed by atoms with Crippen molar-refractivity contribution in [3.05, 3.63) is 35.9 Å². The van der Waals surface area contributed by atoms with E-state index < -0.39 is 35.8 Å². The maximum Gasteiger partial charge on any atom is 0.401 e. The lowest BCUT2D eigenvalue weighted by Gasteiger charge is -2.27. The Kier molecular flexibility index (Phi) is 5.23. The van der Waals surface area contributed by atoms with Crippen molar-refractivity contribution < 1.29 is 27.9 Å². The normalized spacial score (nSPS) is 22.9. The number of benzene rings is 1. The van der Waals surface area contributed by atoms with Gasteiger partial charge < -0.3 is 10.0 Å². The fourth-order valence-electron chi connectivity index (χ4n) is 2.80. The molecule has 1 unspecified atom stereocenters. The van der Waals surface area contributed by atoms with Gasteiger partial charge in [0.2, 0.25) is 5.91 Å². The number of likely N-dealkylation sites (tertiary alicyclic amines) is 1. The topological polar surface area (TPSA) is 57.6 Å². The molecule has 0 spiro atoms. The van der Waals surface area contributed by atoms with Crippen LogP contribution in [0.15, 0.2) is 30.3 Å². The number of thiol groups is 1. The highest BCUT2D eigenvalue weighted by molar-refractivity contribution is 7.80. The summed E-state index contributed by atoms with van der Waals surface area (Å²) in [6.45, 7) is -0.0415. The highest BCUT2D eigenvalue weighted by Gasteiger charge is 2.50. The highest BCUT2D eigenvalue weighted by atomic mass is 32.1. The Morgan fingerprint density at radius 1 is 1.30 bits per heavy atom. The Hall–Kier alpha value is -1.70. The molecule has 0 saturated carbocycles. The van der Waals surface area contributed by atoms with E-state index in [9.17, 15) is 27.9 Å². The molecule has 1 aliphatic rings. The van der Waals surface area contributed by atoms with Gasteiger partial charge in [0.05, 0.1) is 0 Å². The summed E-state index contributed by atoms with van der Waals surface area (Å²) in [4.78, 5) is 24.4. The number of rotatable bonds is 4. The predicted octanol–water partition coefficient (Wildman–Crippen LogP) is 2.56. The molecule has 0 aliphatic carbocycles. The minimum atomic E-state index is -4.74. The van der Waals surface area contributed by atoms with Gasteiger partial charge in [-0.05, 0) is 12.0 Å². The van der Waals surface area contributed by atoms with Crippen LogP contribution in [0, 0.1) is 5.92 Å². The number of carboxylic acids is 1. The van der Waals surface area contributed by atoms with E-state index in [0.29, 0.717) is 0 Å². The molecule has 1 fully saturated rings. The molecule has 1 aliphatic heterocycles. The number of carboxylic acid groups (broad SMARTS) is 1. The van der Waals surface area contributed by atoms with Crippen LogP contribution in [0.3, 0.4) is 0 Å². The van der Waals surface area contributed by atoms with Gasteiger partial charge in [-0.1, -0.05) is 30.3 Å². The van der Waals surface area contributed by atoms with E-state index in [4.69, 9.17) is 0 Å². The fraction of sp³-hybridized carbons (Fsp3) is 0.467. The van der Waals surface area contributed by atoms with Crippen molar-refractivity contribution in [3.8, 4) is 0 Å². The molecule has 1 heterocycles. The Morgan fingerprint density at radius 3 is 2.39 bits per heavy atom. The third-order valence-corrected chi connectivity index (χ3v) is 4.38. The molecular formula is C15H16F3NO3S. The summed E-state index contributed by atoms with van der Waals surface area (Å²) in [5, 5.41) is 9.26. The third kappa shape index (κ3) is 3.80. The fourth-order valence-corrected chi connectivity index (χ4v) is 3.17. The number of carbonyl (C=O) groups is 2. The number of halogens is 3. The third-order valence-electron chi connectivity index (χ3n) is 4.02. The highest BCUT2D eigenvalue weighted by Crippen LogP contribution is 2.36. The first-order valence-corrected chi connectivity index (χ1v) is 7.64. The average Bonchev–Trinajstić information content (AvgIpc) is 2.92. The van der Waals surface area contributed by atoms with E-state index in [0.717, 1.165) is 10.5 Å².